The number of carboxylic acid groups (broad SMARTS) is 1. The molecule has 0 unspecified atom stereocenters. The maximum Gasteiger partial charge on any atom is 0.407 e. The monoisotopic (exact) mass is 1040 g/mol. The third kappa shape index (κ3) is 10.3. The van der Waals surface area contributed by atoms with Crippen molar-refractivity contribution in [1.29, 1.82) is 0 Å². The molecule has 4 N–H and O–H groups in total. The van der Waals surface area contributed by atoms with Crippen LogP contribution in [-0.4, -0.2) is 116 Å². The van der Waals surface area contributed by atoms with Gasteiger partial charge in [0.05, 0.1) is 53.3 Å². The number of carbonyl (C=O) groups excluding carboxylic acids is 3. The fourth-order valence-corrected chi connectivity index (χ4v) is 12.7. The number of nitrogens with one attached hydrogen (secondary N) is 3. The Balaban J connectivity index is 0.961. The highest BCUT2D eigenvalue weighted by Gasteiger charge is 2.42. The highest BCUT2D eigenvalue weighted by atomic mass is 19.1. The number of halogens is 2. The van der Waals surface area contributed by atoms with Crippen molar-refractivity contribution in [1.82, 2.24) is 40.0 Å². The topological polar surface area (TPSA) is 183 Å². The van der Waals surface area contributed by atoms with E-state index in [0.717, 1.165) is 64.7 Å². The fraction of sp³-hybridized carbons (Fsp3) is 0.483. The predicted octanol–water partition coefficient (Wildman–Crippen LogP) is 10.6. The van der Waals surface area contributed by atoms with Crippen LogP contribution in [0.2, 0.25) is 0 Å². The van der Waals surface area contributed by atoms with Gasteiger partial charge in [-0.2, -0.15) is 0 Å². The van der Waals surface area contributed by atoms with E-state index in [1.165, 1.54) is 31.9 Å². The summed E-state index contributed by atoms with van der Waals surface area (Å²) in [7, 11) is 2.71. The second-order valence-electron chi connectivity index (χ2n) is 22.0. The first-order chi connectivity index (χ1) is 36.6. The van der Waals surface area contributed by atoms with Crippen LogP contribution in [0.3, 0.4) is 0 Å². The van der Waals surface area contributed by atoms with Gasteiger partial charge >= 0.3 is 12.2 Å². The van der Waals surface area contributed by atoms with E-state index in [9.17, 15) is 24.3 Å². The van der Waals surface area contributed by atoms with Crippen molar-refractivity contribution < 1.29 is 37.8 Å². The number of fused-ring (bicyclic) bond motifs is 2. The number of likely N-dealkylation sites (N-methyl/N-ethyl adjacent to an activating group) is 1. The molecular weight excluding hydrogens is 971 g/mol. The van der Waals surface area contributed by atoms with Crippen LogP contribution < -0.4 is 15.1 Å². The van der Waals surface area contributed by atoms with E-state index in [1.54, 1.807) is 9.80 Å². The van der Waals surface area contributed by atoms with Crippen molar-refractivity contribution in [3.63, 3.8) is 0 Å². The van der Waals surface area contributed by atoms with Crippen LogP contribution in [-0.2, 0) is 20.7 Å². The Morgan fingerprint density at radius 3 is 1.75 bits per heavy atom. The van der Waals surface area contributed by atoms with Crippen molar-refractivity contribution in [2.75, 3.05) is 50.1 Å². The number of imidazole rings is 2. The number of amides is 4. The SMILES string of the molecule is COC(=O)N[C@H](C(=O)N1CCC[C@H]1c1nc2ccc([C@H]3CC[C@H](c4ccc5nc([C@@H]6CCCN6C(=O)[C@H](C(C)C)N(C)C(=O)O)[nH]c5c4)N3c3cc(F)c(N4CCC(Cc5ccccc5)CC4)c(F)c3)cc2[nH]1)C(C)C. The first-order valence-corrected chi connectivity index (χ1v) is 27.0. The highest BCUT2D eigenvalue weighted by molar-refractivity contribution is 5.87. The normalized spacial score (nSPS) is 21.1. The van der Waals surface area contributed by atoms with Gasteiger partial charge in [0.25, 0.3) is 0 Å². The average Bonchev–Trinajstić information content (AvgIpc) is 4.27. The van der Waals surface area contributed by atoms with Crippen LogP contribution >= 0.6 is 0 Å². The molecule has 402 valence electrons. The standard InChI is InChI=1S/C58H70F2N10O6/c1-33(2)50(65-57(73)76-6)55(71)68-24-10-14-48(68)53-61-42-18-16-37(29-44(42)63-53)46-20-21-47(70(46)39-31-40(59)52(41(60)32-39)67-26-22-36(23-27-67)28-35-12-8-7-9-13-35)38-17-19-43-45(30-38)64-54(62-43)49-15-11-25-69(49)56(72)51(34(3)4)66(5)58(74)75/h7-9,12-13,16-19,29-34,36,46-51H,10-11,14-15,20-28H2,1-6H3,(H,61,63)(H,62,64)(H,65,73)(H,74,75)/t46-,47-,48+,49+,50+,51+/m1/s1. The first-order valence-electron chi connectivity index (χ1n) is 27.0. The molecule has 2 aromatic heterocycles. The molecule has 4 fully saturated rings. The maximum atomic E-state index is 16.8. The lowest BCUT2D eigenvalue weighted by atomic mass is 9.90. The molecule has 18 heteroatoms. The number of hydrogen-bond donors (Lipinski definition) is 4. The highest BCUT2D eigenvalue weighted by Crippen LogP contribution is 2.49. The quantitative estimate of drug-likeness (QED) is 0.0819. The Bertz CT molecular complexity index is 3080. The summed E-state index contributed by atoms with van der Waals surface area (Å²) in [6.45, 7) is 9.57. The van der Waals surface area contributed by atoms with E-state index in [4.69, 9.17) is 14.7 Å². The van der Waals surface area contributed by atoms with Gasteiger partial charge in [-0.05, 0) is 129 Å². The Morgan fingerprint density at radius 1 is 0.711 bits per heavy atom. The minimum atomic E-state index is -1.16. The Kier molecular flexibility index (Phi) is 15.0. The van der Waals surface area contributed by atoms with E-state index >= 15 is 8.78 Å². The molecule has 6 heterocycles. The first kappa shape index (κ1) is 52.2. The van der Waals surface area contributed by atoms with Crippen LogP contribution in [0.15, 0.2) is 78.9 Å². The fourth-order valence-electron chi connectivity index (χ4n) is 12.7. The van der Waals surface area contributed by atoms with Gasteiger partial charge in [-0.1, -0.05) is 70.2 Å². The summed E-state index contributed by atoms with van der Waals surface area (Å²) < 4.78 is 38.5. The second-order valence-corrected chi connectivity index (χ2v) is 22.0. The number of H-pyrrole nitrogens is 2. The zero-order valence-corrected chi connectivity index (χ0v) is 44.3. The van der Waals surface area contributed by atoms with Gasteiger partial charge in [0.15, 0.2) is 11.6 Å². The lowest BCUT2D eigenvalue weighted by molar-refractivity contribution is -0.138. The molecule has 0 saturated carbocycles. The number of likely N-dealkylation sites (tertiary alicyclic amines) is 2. The van der Waals surface area contributed by atoms with Gasteiger partial charge in [0.1, 0.15) is 29.4 Å². The van der Waals surface area contributed by atoms with E-state index in [1.807, 2.05) is 81.1 Å². The van der Waals surface area contributed by atoms with Crippen molar-refractivity contribution >= 4 is 57.4 Å². The zero-order valence-electron chi connectivity index (χ0n) is 44.3. The number of hydrogen-bond acceptors (Lipinski definition) is 9. The van der Waals surface area contributed by atoms with E-state index in [2.05, 4.69) is 38.4 Å². The van der Waals surface area contributed by atoms with E-state index in [0.29, 0.717) is 80.6 Å². The number of nitrogens with zero attached hydrogens (tertiary/aromatic N) is 7. The minimum Gasteiger partial charge on any atom is -0.465 e. The number of methoxy groups -OCH3 is 1. The third-order valence-corrected chi connectivity index (χ3v) is 16.5. The minimum absolute atomic E-state index is 0.000940. The number of ether oxygens (including phenoxy) is 1. The van der Waals surface area contributed by atoms with Crippen molar-refractivity contribution in [3.05, 3.63) is 119 Å². The molecule has 4 aliphatic heterocycles. The van der Waals surface area contributed by atoms with Crippen LogP contribution in [0.1, 0.15) is 132 Å². The number of anilines is 2. The van der Waals surface area contributed by atoms with Crippen LogP contribution in [0.25, 0.3) is 22.1 Å². The molecule has 0 spiro atoms. The van der Waals surface area contributed by atoms with Gasteiger partial charge in [-0.3, -0.25) is 14.5 Å². The number of carbonyl (C=O) groups is 4. The van der Waals surface area contributed by atoms with Gasteiger partial charge in [0.2, 0.25) is 11.8 Å². The number of rotatable bonds is 14. The molecule has 0 radical (unpaired) electrons. The Labute approximate surface area is 442 Å². The molecule has 16 nitrogen and oxygen atoms in total. The summed E-state index contributed by atoms with van der Waals surface area (Å²) in [5.74, 6) is -0.385. The number of alkyl carbamates (subject to hydrolysis) is 1. The smallest absolute Gasteiger partial charge is 0.407 e. The summed E-state index contributed by atoms with van der Waals surface area (Å²) in [6, 6.07) is 22.5. The third-order valence-electron chi connectivity index (χ3n) is 16.5. The molecule has 6 aromatic rings. The van der Waals surface area contributed by atoms with Gasteiger partial charge in [-0.25, -0.2) is 28.3 Å². The molecule has 0 aliphatic carbocycles. The molecular formula is C58H70F2N10O6. The van der Waals surface area contributed by atoms with Crippen LogP contribution in [0, 0.1) is 29.4 Å². The van der Waals surface area contributed by atoms with Gasteiger partial charge in [-0.15, -0.1) is 0 Å². The molecule has 4 aliphatic rings. The van der Waals surface area contributed by atoms with Gasteiger partial charge < -0.3 is 44.7 Å². The maximum absolute atomic E-state index is 16.8. The van der Waals surface area contributed by atoms with Crippen LogP contribution in [0.4, 0.5) is 29.7 Å². The number of piperidine rings is 1. The summed E-state index contributed by atoms with van der Waals surface area (Å²) in [4.78, 5) is 77.9. The summed E-state index contributed by atoms with van der Waals surface area (Å²) in [5, 5.41) is 12.5. The molecule has 0 bridgehead atoms. The van der Waals surface area contributed by atoms with Gasteiger partial charge in [0, 0.05) is 38.9 Å². The van der Waals surface area contributed by atoms with Crippen LogP contribution in [0.5, 0.6) is 0 Å². The molecule has 4 amide bonds. The molecule has 4 saturated heterocycles. The average molecular weight is 1040 g/mol. The second kappa shape index (κ2) is 21.8. The Morgan fingerprint density at radius 2 is 1.25 bits per heavy atom. The molecule has 10 rings (SSSR count). The number of benzene rings is 4. The Hall–Kier alpha value is -7.24. The van der Waals surface area contributed by atoms with Crippen molar-refractivity contribution in [2.45, 2.75) is 122 Å². The summed E-state index contributed by atoms with van der Waals surface area (Å²) in [5.41, 5.74) is 6.51. The summed E-state index contributed by atoms with van der Waals surface area (Å²) in [6.07, 6.45) is 4.98. The van der Waals surface area contributed by atoms with Crippen molar-refractivity contribution in [2.24, 2.45) is 17.8 Å². The number of aromatic amines is 2. The lowest BCUT2D eigenvalue weighted by Crippen LogP contribution is -2.51. The zero-order chi connectivity index (χ0) is 53.5. The molecule has 4 aromatic carbocycles. The largest absolute Gasteiger partial charge is 0.465 e. The predicted molar refractivity (Wildman–Crippen MR) is 287 cm³/mol. The summed E-state index contributed by atoms with van der Waals surface area (Å²) >= 11 is 0. The molecule has 6 atom stereocenters. The van der Waals surface area contributed by atoms with Crippen molar-refractivity contribution in [3.8, 4) is 0 Å². The number of aromatic nitrogens is 4. The molecule has 76 heavy (non-hydrogen) atoms. The van der Waals surface area contributed by atoms with E-state index < -0.39 is 35.9 Å². The lowest BCUT2D eigenvalue weighted by Gasteiger charge is -2.36. The van der Waals surface area contributed by atoms with E-state index in [-0.39, 0.29) is 53.5 Å².